The van der Waals surface area contributed by atoms with Crippen LogP contribution in [0.5, 0.6) is 0 Å². The summed E-state index contributed by atoms with van der Waals surface area (Å²) in [5.41, 5.74) is 17.0. The maximum absolute atomic E-state index is 12.8. The average Bonchev–Trinajstić information content (AvgIpc) is 1.56. The summed E-state index contributed by atoms with van der Waals surface area (Å²) in [6.45, 7) is 36.5. The van der Waals surface area contributed by atoms with Gasteiger partial charge in [0, 0.05) is 131 Å². The van der Waals surface area contributed by atoms with Crippen molar-refractivity contribution in [1.82, 2.24) is 68.5 Å². The minimum atomic E-state index is -0.928. The Hall–Kier alpha value is -13.0. The van der Waals surface area contributed by atoms with Crippen LogP contribution in [0, 0.1) is 20.8 Å². The van der Waals surface area contributed by atoms with Crippen LogP contribution in [0.2, 0.25) is 0 Å². The summed E-state index contributed by atoms with van der Waals surface area (Å²) in [5, 5.41) is 13.2. The molecule has 15 heterocycles. The van der Waals surface area contributed by atoms with Crippen molar-refractivity contribution in [2.45, 2.75) is 259 Å². The van der Waals surface area contributed by atoms with E-state index < -0.39 is 46.7 Å². The Labute approximate surface area is 862 Å². The Morgan fingerprint density at radius 1 is 0.361 bits per heavy atom. The van der Waals surface area contributed by atoms with Gasteiger partial charge in [-0.05, 0) is 368 Å². The number of carbonyl (C=O) groups excluding carboxylic acids is 4. The molecule has 1 N–H and O–H groups in total. The molecular formula is C114H116BBr3N14O12. The SMILES string of the molecule is CC(C)(C)OC(=O)c1ccc2nccc(B3OC(C)(C)C(C)(C)O3)c2c1.CC(C)(C)OC(=O)c1ccc2nccc(Br)c2c1.Cc1cccc(-c2nc3n(c2-c2ccnc4ccc(C(=O)OC(C)(C)C)cc24)C2CCC3C2)n1.Cc1cccc(-c2nc3n(c2-c2ccnc4ccc(C(=O)OC(C)(C)C)cc24)C2CCC3C2)n1.Cc1cccc(-c2nc3n(c2Br)C2CCC3C2)n1.O=C(O)c1ccc2nccc(Br)c2c1. The second kappa shape index (κ2) is 39.9. The van der Waals surface area contributed by atoms with Crippen molar-refractivity contribution in [2.24, 2.45) is 0 Å². The van der Waals surface area contributed by atoms with Gasteiger partial charge < -0.3 is 47.1 Å². The number of carboxylic acid groups (broad SMARTS) is 1. The summed E-state index contributed by atoms with van der Waals surface area (Å²) in [6.07, 6.45) is 19.7. The molecule has 4 fully saturated rings. The number of aromatic nitrogens is 14. The van der Waals surface area contributed by atoms with Gasteiger partial charge in [-0.1, -0.05) is 50.1 Å². The average molecular weight is 2120 g/mol. The van der Waals surface area contributed by atoms with E-state index in [-0.39, 0.29) is 29.4 Å². The quantitative estimate of drug-likeness (QED) is 0.0714. The summed E-state index contributed by atoms with van der Waals surface area (Å²) in [5.74, 6) is 3.01. The highest BCUT2D eigenvalue weighted by molar-refractivity contribution is 9.11. The molecule has 144 heavy (non-hydrogen) atoms. The summed E-state index contributed by atoms with van der Waals surface area (Å²) >= 11 is 10.5. The first-order valence-corrected chi connectivity index (χ1v) is 51.2. The molecule has 3 saturated carbocycles. The number of halogens is 3. The number of aryl methyl sites for hydroxylation is 3. The lowest BCUT2D eigenvalue weighted by Gasteiger charge is -2.32. The molecule has 26 nitrogen and oxygen atoms in total. The highest BCUT2D eigenvalue weighted by Gasteiger charge is 2.53. The van der Waals surface area contributed by atoms with Crippen LogP contribution < -0.4 is 5.46 Å². The van der Waals surface area contributed by atoms with Crippen LogP contribution >= 0.6 is 47.8 Å². The molecule has 23 rings (SSSR count). The number of nitrogens with zero attached hydrogens (tertiary/aromatic N) is 14. The predicted molar refractivity (Wildman–Crippen MR) is 571 cm³/mol. The zero-order valence-corrected chi connectivity index (χ0v) is 89.1. The van der Waals surface area contributed by atoms with Crippen molar-refractivity contribution in [1.29, 1.82) is 0 Å². The first-order valence-electron chi connectivity index (χ1n) is 48.9. The number of hydrogen-bond acceptors (Lipinski definition) is 22. The molecule has 4 aliphatic heterocycles. The van der Waals surface area contributed by atoms with E-state index >= 15 is 0 Å². The largest absolute Gasteiger partial charge is 0.495 e. The normalized spacial score (nSPS) is 17.9. The number of rotatable bonds is 11. The molecule has 11 aromatic heterocycles. The first kappa shape index (κ1) is 101. The summed E-state index contributed by atoms with van der Waals surface area (Å²) < 4.78 is 44.6. The monoisotopic (exact) mass is 2120 g/mol. The molecule has 3 aliphatic carbocycles. The van der Waals surface area contributed by atoms with E-state index in [1.807, 2.05) is 259 Å². The zero-order chi connectivity index (χ0) is 102. The molecule has 6 unspecified atom stereocenters. The number of imidazole rings is 3. The topological polar surface area (TPSA) is 318 Å². The molecule has 0 amide bonds. The van der Waals surface area contributed by atoms with Crippen molar-refractivity contribution in [3.05, 3.63) is 283 Å². The predicted octanol–water partition coefficient (Wildman–Crippen LogP) is 26.5. The van der Waals surface area contributed by atoms with E-state index in [4.69, 9.17) is 58.3 Å². The molecule has 30 heteroatoms. The molecule has 16 aromatic rings. The van der Waals surface area contributed by atoms with Crippen LogP contribution in [-0.4, -0.2) is 144 Å². The Bertz CT molecular complexity index is 7520. The molecule has 6 bridgehead atoms. The van der Waals surface area contributed by atoms with Gasteiger partial charge in [-0.2, -0.15) is 0 Å². The molecule has 738 valence electrons. The number of benzene rings is 5. The Morgan fingerprint density at radius 2 is 0.660 bits per heavy atom. The van der Waals surface area contributed by atoms with E-state index in [1.54, 1.807) is 79.3 Å². The molecule has 0 radical (unpaired) electrons. The van der Waals surface area contributed by atoms with Crippen molar-refractivity contribution in [3.63, 3.8) is 0 Å². The van der Waals surface area contributed by atoms with E-state index in [2.05, 4.69) is 91.4 Å². The Morgan fingerprint density at radius 3 is 1.01 bits per heavy atom. The minimum Gasteiger partial charge on any atom is -0.478 e. The maximum atomic E-state index is 12.8. The van der Waals surface area contributed by atoms with E-state index in [1.165, 1.54) is 50.8 Å². The van der Waals surface area contributed by atoms with Crippen LogP contribution in [0.25, 0.3) is 111 Å². The van der Waals surface area contributed by atoms with Crippen LogP contribution in [0.3, 0.4) is 0 Å². The van der Waals surface area contributed by atoms with E-state index in [0.29, 0.717) is 58.1 Å². The fourth-order valence-corrected chi connectivity index (χ4v) is 21.5. The number of pyridine rings is 8. The molecule has 1 saturated heterocycles. The second-order valence-electron chi connectivity index (χ2n) is 42.8. The van der Waals surface area contributed by atoms with Gasteiger partial charge in [0.2, 0.25) is 0 Å². The van der Waals surface area contributed by atoms with Crippen molar-refractivity contribution in [3.8, 4) is 56.7 Å². The fourth-order valence-electron chi connectivity index (χ4n) is 19.9. The van der Waals surface area contributed by atoms with Gasteiger partial charge in [-0.25, -0.2) is 38.9 Å². The lowest BCUT2D eigenvalue weighted by Crippen LogP contribution is -2.41. The molecule has 0 spiro atoms. The number of carboxylic acids is 1. The van der Waals surface area contributed by atoms with Gasteiger partial charge >= 0.3 is 37.0 Å². The van der Waals surface area contributed by atoms with Crippen LogP contribution in [0.4, 0.5) is 0 Å². The van der Waals surface area contributed by atoms with Crippen molar-refractivity contribution in [2.75, 3.05) is 0 Å². The van der Waals surface area contributed by atoms with Crippen molar-refractivity contribution < 1.29 is 57.3 Å². The first-order chi connectivity index (χ1) is 68.2. The molecule has 7 aliphatic rings. The smallest absolute Gasteiger partial charge is 0.478 e. The maximum Gasteiger partial charge on any atom is 0.495 e. The van der Waals surface area contributed by atoms with Gasteiger partial charge in [0.15, 0.2) is 0 Å². The third kappa shape index (κ3) is 21.4. The number of fused-ring (bicyclic) bond motifs is 20. The highest BCUT2D eigenvalue weighted by atomic mass is 79.9. The van der Waals surface area contributed by atoms with Crippen LogP contribution in [0.15, 0.2) is 220 Å². The summed E-state index contributed by atoms with van der Waals surface area (Å²) in [4.78, 5) is 112. The molecular weight excluding hydrogens is 2010 g/mol. The number of aromatic carboxylic acids is 1. The number of carbonyl (C=O) groups is 5. The van der Waals surface area contributed by atoms with E-state index in [0.717, 1.165) is 172 Å². The lowest BCUT2D eigenvalue weighted by atomic mass is 9.77. The Balaban J connectivity index is 0.000000117. The molecule has 5 aromatic carbocycles. The van der Waals surface area contributed by atoms with Crippen LogP contribution in [0.1, 0.15) is 291 Å². The van der Waals surface area contributed by atoms with Gasteiger partial charge in [0.1, 0.15) is 61.6 Å². The van der Waals surface area contributed by atoms with Crippen molar-refractivity contribution >= 4 is 145 Å². The summed E-state index contributed by atoms with van der Waals surface area (Å²) in [6, 6.07) is 56.2. The summed E-state index contributed by atoms with van der Waals surface area (Å²) in [7, 11) is -0.514. The fraction of sp³-hybridized carbons (Fsp3) is 0.351. The number of esters is 4. The van der Waals surface area contributed by atoms with Gasteiger partial charge in [0.05, 0.1) is 95.1 Å². The van der Waals surface area contributed by atoms with Gasteiger partial charge in [0.25, 0.3) is 0 Å². The third-order valence-electron chi connectivity index (χ3n) is 27.0. The Kier molecular flexibility index (Phi) is 28.0. The van der Waals surface area contributed by atoms with Crippen LogP contribution in [-0.2, 0) is 28.3 Å². The molecule has 6 atom stereocenters. The lowest BCUT2D eigenvalue weighted by molar-refractivity contribution is 0.00572. The van der Waals surface area contributed by atoms with E-state index in [9.17, 15) is 24.0 Å². The zero-order valence-electron chi connectivity index (χ0n) is 84.4. The highest BCUT2D eigenvalue weighted by Crippen LogP contribution is 2.56. The third-order valence-corrected chi connectivity index (χ3v) is 29.1. The van der Waals surface area contributed by atoms with Gasteiger partial charge in [-0.3, -0.25) is 39.9 Å². The number of ether oxygens (including phenoxy) is 4. The minimum absolute atomic E-state index is 0.270. The van der Waals surface area contributed by atoms with Gasteiger partial charge in [-0.15, -0.1) is 0 Å². The number of hydrogen-bond donors (Lipinski definition) is 1. The second-order valence-corrected chi connectivity index (χ2v) is 45.3. The standard InChI is InChI=1S/2C28H28N4O2.C20H26BNO4.C14H14BrN3.C14H14BrNO2.C10H6BrNO2/c2*1-16-6-5-7-23(30-16)24-25(32-19-10-8-17(14-19)26(32)31-24)20-12-13-29-22-11-9-18(15-21(20)22)27(33)34-28(2,3)4;1-18(2,3)24-17(23)13-8-9-16-14(12-13)15(10-11-22-16)21-25-19(4,5)20(6,7)26-21;1-8-3-2-4-11(16-8)12-13(15)18-10-6-5-9(7-10)14(18)17-12;1-14(2,3)18-13(17)9-4-5-12-10(8-9)11(15)6-7-16-12;11-8-3-4-12-9-2-1-6(10(13)14)5-7(8)9/h2*5-7,9,11-13,15,17,19H,8,10,14H2,1-4H3;8-12H,1-7H3;2-4,9-10H,5-7H2,1H3;4-8H,1-3H3;1-5H,(H,13,14).